The lowest BCUT2D eigenvalue weighted by Crippen LogP contribution is -2.43. The van der Waals surface area contributed by atoms with E-state index in [1.54, 1.807) is 7.11 Å². The number of carbonyl (C=O) groups is 1. The second-order valence-corrected chi connectivity index (χ2v) is 5.86. The summed E-state index contributed by atoms with van der Waals surface area (Å²) in [5, 5.41) is 3.35. The van der Waals surface area contributed by atoms with Gasteiger partial charge in [-0.2, -0.15) is 0 Å². The lowest BCUT2D eigenvalue weighted by Gasteiger charge is -2.35. The SMILES string of the molecule is COCCCOCCOC(=O)C(C)(C)C1CCCNC1. The van der Waals surface area contributed by atoms with Gasteiger partial charge < -0.3 is 19.5 Å². The molecular weight excluding hydrogens is 258 g/mol. The second-order valence-electron chi connectivity index (χ2n) is 5.86. The van der Waals surface area contributed by atoms with E-state index in [0.29, 0.717) is 32.3 Å². The molecule has 1 heterocycles. The highest BCUT2D eigenvalue weighted by Crippen LogP contribution is 2.32. The van der Waals surface area contributed by atoms with Crippen molar-refractivity contribution in [2.24, 2.45) is 11.3 Å². The third kappa shape index (κ3) is 5.77. The van der Waals surface area contributed by atoms with Crippen molar-refractivity contribution >= 4 is 5.97 Å². The Hall–Kier alpha value is -0.650. The van der Waals surface area contributed by atoms with Crippen LogP contribution in [-0.2, 0) is 19.0 Å². The molecule has 5 nitrogen and oxygen atoms in total. The highest BCUT2D eigenvalue weighted by molar-refractivity contribution is 5.76. The first-order chi connectivity index (χ1) is 9.59. The first-order valence-corrected chi connectivity index (χ1v) is 7.53. The predicted octanol–water partition coefficient (Wildman–Crippen LogP) is 1.61. The van der Waals surface area contributed by atoms with E-state index >= 15 is 0 Å². The maximum Gasteiger partial charge on any atom is 0.311 e. The molecule has 1 aliphatic rings. The zero-order valence-corrected chi connectivity index (χ0v) is 13.1. The number of piperidine rings is 1. The molecule has 0 aromatic rings. The molecule has 1 fully saturated rings. The summed E-state index contributed by atoms with van der Waals surface area (Å²) >= 11 is 0. The van der Waals surface area contributed by atoms with E-state index in [1.807, 2.05) is 13.8 Å². The van der Waals surface area contributed by atoms with Gasteiger partial charge in [0.1, 0.15) is 6.61 Å². The van der Waals surface area contributed by atoms with Crippen LogP contribution in [0.3, 0.4) is 0 Å². The molecule has 0 aromatic carbocycles. The number of rotatable bonds is 9. The molecule has 1 rings (SSSR count). The minimum absolute atomic E-state index is 0.119. The average molecular weight is 287 g/mol. The molecule has 1 saturated heterocycles. The van der Waals surface area contributed by atoms with Gasteiger partial charge in [-0.3, -0.25) is 4.79 Å². The first-order valence-electron chi connectivity index (χ1n) is 7.53. The first kappa shape index (κ1) is 17.4. The van der Waals surface area contributed by atoms with Gasteiger partial charge >= 0.3 is 5.97 Å². The lowest BCUT2D eigenvalue weighted by atomic mass is 9.75. The van der Waals surface area contributed by atoms with Crippen LogP contribution in [-0.4, -0.2) is 52.6 Å². The van der Waals surface area contributed by atoms with Crippen molar-refractivity contribution in [2.75, 3.05) is 46.6 Å². The van der Waals surface area contributed by atoms with Crippen molar-refractivity contribution in [1.82, 2.24) is 5.32 Å². The molecule has 0 spiro atoms. The van der Waals surface area contributed by atoms with Crippen molar-refractivity contribution < 1.29 is 19.0 Å². The molecule has 0 aliphatic carbocycles. The normalized spacial score (nSPS) is 19.9. The number of carbonyl (C=O) groups excluding carboxylic acids is 1. The van der Waals surface area contributed by atoms with E-state index in [-0.39, 0.29) is 5.97 Å². The van der Waals surface area contributed by atoms with Crippen LogP contribution in [0.25, 0.3) is 0 Å². The molecule has 1 aliphatic heterocycles. The van der Waals surface area contributed by atoms with Crippen molar-refractivity contribution in [3.05, 3.63) is 0 Å². The van der Waals surface area contributed by atoms with Crippen molar-refractivity contribution in [2.45, 2.75) is 33.1 Å². The standard InChI is InChI=1S/C15H29NO4/c1-15(2,13-6-4-7-16-12-13)14(17)20-11-10-19-9-5-8-18-3/h13,16H,4-12H2,1-3H3. The Morgan fingerprint density at radius 1 is 1.25 bits per heavy atom. The number of nitrogens with one attached hydrogen (secondary N) is 1. The molecule has 0 aromatic heterocycles. The minimum Gasteiger partial charge on any atom is -0.463 e. The fourth-order valence-corrected chi connectivity index (χ4v) is 2.42. The quantitative estimate of drug-likeness (QED) is 0.516. The third-order valence-corrected chi connectivity index (χ3v) is 3.94. The van der Waals surface area contributed by atoms with E-state index in [1.165, 1.54) is 0 Å². The van der Waals surface area contributed by atoms with E-state index < -0.39 is 5.41 Å². The monoisotopic (exact) mass is 287 g/mol. The van der Waals surface area contributed by atoms with Gasteiger partial charge in [-0.1, -0.05) is 0 Å². The molecule has 0 saturated carbocycles. The minimum atomic E-state index is -0.427. The van der Waals surface area contributed by atoms with Crippen molar-refractivity contribution in [3.63, 3.8) is 0 Å². The molecule has 0 amide bonds. The van der Waals surface area contributed by atoms with Crippen LogP contribution in [0.1, 0.15) is 33.1 Å². The van der Waals surface area contributed by atoms with Crippen LogP contribution < -0.4 is 5.32 Å². The smallest absolute Gasteiger partial charge is 0.311 e. The molecule has 5 heteroatoms. The zero-order valence-electron chi connectivity index (χ0n) is 13.1. The van der Waals surface area contributed by atoms with Gasteiger partial charge in [0.2, 0.25) is 0 Å². The van der Waals surface area contributed by atoms with E-state index in [2.05, 4.69) is 5.32 Å². The van der Waals surface area contributed by atoms with Crippen LogP contribution in [0.2, 0.25) is 0 Å². The number of methoxy groups -OCH3 is 1. The largest absolute Gasteiger partial charge is 0.463 e. The number of hydrogen-bond donors (Lipinski definition) is 1. The number of esters is 1. The molecule has 0 bridgehead atoms. The van der Waals surface area contributed by atoms with Crippen LogP contribution in [0.15, 0.2) is 0 Å². The van der Waals surface area contributed by atoms with Crippen molar-refractivity contribution in [1.29, 1.82) is 0 Å². The summed E-state index contributed by atoms with van der Waals surface area (Å²) in [4.78, 5) is 12.2. The second kappa shape index (κ2) is 9.32. The van der Waals surface area contributed by atoms with Gasteiger partial charge in [0.15, 0.2) is 0 Å². The van der Waals surface area contributed by atoms with Crippen LogP contribution in [0, 0.1) is 11.3 Å². The summed E-state index contributed by atoms with van der Waals surface area (Å²) < 4.78 is 15.6. The third-order valence-electron chi connectivity index (χ3n) is 3.94. The highest BCUT2D eigenvalue weighted by Gasteiger charge is 2.38. The van der Waals surface area contributed by atoms with E-state index in [4.69, 9.17) is 14.2 Å². The topological polar surface area (TPSA) is 56.8 Å². The van der Waals surface area contributed by atoms with Crippen molar-refractivity contribution in [3.8, 4) is 0 Å². The zero-order chi connectivity index (χ0) is 14.8. The summed E-state index contributed by atoms with van der Waals surface area (Å²) in [6.45, 7) is 8.03. The molecule has 20 heavy (non-hydrogen) atoms. The van der Waals surface area contributed by atoms with Crippen LogP contribution in [0.4, 0.5) is 0 Å². The summed E-state index contributed by atoms with van der Waals surface area (Å²) in [6, 6.07) is 0. The molecule has 1 unspecified atom stereocenters. The highest BCUT2D eigenvalue weighted by atomic mass is 16.6. The summed E-state index contributed by atoms with van der Waals surface area (Å²) in [5.41, 5.74) is -0.427. The number of hydrogen-bond acceptors (Lipinski definition) is 5. The van der Waals surface area contributed by atoms with Gasteiger partial charge in [0.05, 0.1) is 12.0 Å². The fraction of sp³-hybridized carbons (Fsp3) is 0.933. The fourth-order valence-electron chi connectivity index (χ4n) is 2.42. The average Bonchev–Trinajstić information content (AvgIpc) is 2.47. The van der Waals surface area contributed by atoms with Gasteiger partial charge in [-0.15, -0.1) is 0 Å². The molecular formula is C15H29NO4. The summed E-state index contributed by atoms with van der Waals surface area (Å²) in [5.74, 6) is 0.234. The van der Waals surface area contributed by atoms with Crippen LogP contribution in [0.5, 0.6) is 0 Å². The van der Waals surface area contributed by atoms with E-state index in [0.717, 1.165) is 32.4 Å². The van der Waals surface area contributed by atoms with Gasteiger partial charge in [0, 0.05) is 20.3 Å². The Morgan fingerprint density at radius 2 is 2.05 bits per heavy atom. The Labute approximate surface area is 122 Å². The van der Waals surface area contributed by atoms with Crippen LogP contribution >= 0.6 is 0 Å². The Balaban J connectivity index is 2.17. The lowest BCUT2D eigenvalue weighted by molar-refractivity contribution is -0.159. The maximum absolute atomic E-state index is 12.2. The molecule has 1 N–H and O–H groups in total. The summed E-state index contributed by atoms with van der Waals surface area (Å²) in [7, 11) is 1.67. The number of ether oxygens (including phenoxy) is 3. The van der Waals surface area contributed by atoms with Gasteiger partial charge in [-0.25, -0.2) is 0 Å². The Bertz CT molecular complexity index is 275. The maximum atomic E-state index is 12.2. The summed E-state index contributed by atoms with van der Waals surface area (Å²) in [6.07, 6.45) is 3.08. The van der Waals surface area contributed by atoms with Gasteiger partial charge in [-0.05, 0) is 52.1 Å². The Morgan fingerprint density at radius 3 is 2.70 bits per heavy atom. The molecule has 118 valence electrons. The molecule has 1 atom stereocenters. The predicted molar refractivity (Wildman–Crippen MR) is 77.6 cm³/mol. The Kier molecular flexibility index (Phi) is 8.11. The molecule has 0 radical (unpaired) electrons. The van der Waals surface area contributed by atoms with E-state index in [9.17, 15) is 4.79 Å². The van der Waals surface area contributed by atoms with Gasteiger partial charge in [0.25, 0.3) is 0 Å².